The summed E-state index contributed by atoms with van der Waals surface area (Å²) in [4.78, 5) is 34.0. The third-order valence-corrected chi connectivity index (χ3v) is 6.59. The van der Waals surface area contributed by atoms with E-state index in [1.807, 2.05) is 34.6 Å². The fourth-order valence-corrected chi connectivity index (χ4v) is 4.98. The van der Waals surface area contributed by atoms with Crippen molar-refractivity contribution < 1.29 is 29.0 Å². The van der Waals surface area contributed by atoms with E-state index >= 15 is 0 Å². The van der Waals surface area contributed by atoms with Crippen LogP contribution in [0.25, 0.3) is 16.6 Å². The highest BCUT2D eigenvalue weighted by Gasteiger charge is 2.51. The van der Waals surface area contributed by atoms with Crippen LogP contribution in [-0.4, -0.2) is 62.8 Å². The van der Waals surface area contributed by atoms with Gasteiger partial charge in [0, 0.05) is 53.6 Å². The van der Waals surface area contributed by atoms with Gasteiger partial charge in [-0.25, -0.2) is 29.2 Å². The average molecular weight is 545 g/mol. The molecule has 2 heterocycles. The number of carbonyl (C=O) groups is 3. The second-order valence-electron chi connectivity index (χ2n) is 8.70. The summed E-state index contributed by atoms with van der Waals surface area (Å²) in [6, 6.07) is 12.2. The van der Waals surface area contributed by atoms with Gasteiger partial charge in [-0.3, -0.25) is 0 Å². The fourth-order valence-electron chi connectivity index (χ4n) is 4.81. The van der Waals surface area contributed by atoms with Crippen molar-refractivity contribution in [1.82, 2.24) is 19.9 Å². The fraction of sp³-hybridized carbons (Fsp3) is 0.296. The number of hydrogen-bond acceptors (Lipinski definition) is 4. The van der Waals surface area contributed by atoms with Gasteiger partial charge < -0.3 is 19.7 Å². The molecule has 1 fully saturated rings. The number of urea groups is 1. The number of likely N-dealkylation sites (N-methyl/N-ethyl adjacent to an activating group) is 1. The Kier molecular flexibility index (Phi) is 9.13. The van der Waals surface area contributed by atoms with Crippen LogP contribution in [0.1, 0.15) is 32.3 Å². The van der Waals surface area contributed by atoms with Crippen LogP contribution >= 0.6 is 11.6 Å². The summed E-state index contributed by atoms with van der Waals surface area (Å²) in [5.41, 5.74) is 5.46. The Bertz CT molecular complexity index is 1340. The normalized spacial score (nSPS) is 17.2. The van der Waals surface area contributed by atoms with E-state index in [9.17, 15) is 18.8 Å². The van der Waals surface area contributed by atoms with Crippen molar-refractivity contribution in [1.29, 1.82) is 0 Å². The van der Waals surface area contributed by atoms with Gasteiger partial charge in [-0.15, -0.1) is 0 Å². The van der Waals surface area contributed by atoms with E-state index in [1.165, 1.54) is 12.1 Å². The van der Waals surface area contributed by atoms with E-state index in [0.29, 0.717) is 30.3 Å². The van der Waals surface area contributed by atoms with E-state index in [0.717, 1.165) is 35.0 Å². The van der Waals surface area contributed by atoms with Gasteiger partial charge in [0.05, 0.1) is 12.1 Å². The molecule has 0 spiro atoms. The zero-order valence-corrected chi connectivity index (χ0v) is 22.1. The standard InChI is InChI=1S/C23H26ClFN4O.C4H4O4/c1-4-12-23(15-27(5-2)22(30)29(23)26-3)20-14-28(18-9-7-17(25)8-10-18)21-11-6-16(24)13-19(20)21;5-3(6)1-2-4(7)8/h6-11,13-14,26H,4-5,12,15H2,1-3H3;1-2H,(H,5,6)(H,7,8). The van der Waals surface area contributed by atoms with Crippen molar-refractivity contribution in [2.45, 2.75) is 32.2 Å². The monoisotopic (exact) mass is 544 g/mol. The van der Waals surface area contributed by atoms with Crippen molar-refractivity contribution in [2.75, 3.05) is 20.1 Å². The minimum absolute atomic E-state index is 0.0295. The number of rotatable bonds is 8. The Hall–Kier alpha value is -3.89. The summed E-state index contributed by atoms with van der Waals surface area (Å²) in [6.07, 6.45) is 4.89. The van der Waals surface area contributed by atoms with Gasteiger partial charge in [0.1, 0.15) is 11.4 Å². The number of benzene rings is 2. The molecule has 4 rings (SSSR count). The number of aliphatic carboxylic acids is 2. The number of aromatic nitrogens is 1. The van der Waals surface area contributed by atoms with Gasteiger partial charge in [-0.05, 0) is 55.8 Å². The zero-order chi connectivity index (χ0) is 28.0. The second kappa shape index (κ2) is 12.1. The second-order valence-corrected chi connectivity index (χ2v) is 9.13. The molecule has 38 heavy (non-hydrogen) atoms. The molecule has 11 heteroatoms. The van der Waals surface area contributed by atoms with Crippen LogP contribution in [0.15, 0.2) is 60.8 Å². The van der Waals surface area contributed by atoms with Crippen molar-refractivity contribution in [3.63, 3.8) is 0 Å². The van der Waals surface area contributed by atoms with Gasteiger partial charge in [0.2, 0.25) is 0 Å². The SMILES string of the molecule is CCCC1(c2cn(-c3ccc(F)cc3)c3ccc(Cl)cc23)CN(CC)C(=O)N1NC.O=C(O)C=CC(=O)O. The highest BCUT2D eigenvalue weighted by molar-refractivity contribution is 6.31. The van der Waals surface area contributed by atoms with Crippen LogP contribution in [0.3, 0.4) is 0 Å². The number of nitrogens with one attached hydrogen (secondary N) is 1. The van der Waals surface area contributed by atoms with Crippen LogP contribution in [0, 0.1) is 5.82 Å². The van der Waals surface area contributed by atoms with Crippen LogP contribution < -0.4 is 5.43 Å². The van der Waals surface area contributed by atoms with E-state index in [4.69, 9.17) is 21.8 Å². The molecule has 1 aliphatic heterocycles. The smallest absolute Gasteiger partial charge is 0.335 e. The van der Waals surface area contributed by atoms with Crippen molar-refractivity contribution in [3.05, 3.63) is 77.2 Å². The highest BCUT2D eigenvalue weighted by atomic mass is 35.5. The lowest BCUT2D eigenvalue weighted by Crippen LogP contribution is -2.51. The first kappa shape index (κ1) is 28.7. The van der Waals surface area contributed by atoms with Crippen molar-refractivity contribution in [3.8, 4) is 5.69 Å². The molecular formula is C27H30ClFN4O5. The summed E-state index contributed by atoms with van der Waals surface area (Å²) >= 11 is 6.39. The third-order valence-electron chi connectivity index (χ3n) is 6.35. The number of carboxylic acid groups (broad SMARTS) is 2. The summed E-state index contributed by atoms with van der Waals surface area (Å²) in [6.45, 7) is 5.35. The van der Waals surface area contributed by atoms with Gasteiger partial charge in [-0.2, -0.15) is 0 Å². The maximum atomic E-state index is 13.5. The van der Waals surface area contributed by atoms with E-state index in [1.54, 1.807) is 24.2 Å². The molecule has 0 bridgehead atoms. The molecule has 1 saturated heterocycles. The molecule has 3 N–H and O–H groups in total. The number of halogens is 2. The molecule has 1 aliphatic rings. The van der Waals surface area contributed by atoms with Crippen molar-refractivity contribution in [2.24, 2.45) is 0 Å². The third kappa shape index (κ3) is 5.81. The molecule has 1 unspecified atom stereocenters. The van der Waals surface area contributed by atoms with Crippen LogP contribution in [-0.2, 0) is 15.1 Å². The topological polar surface area (TPSA) is 115 Å². The minimum atomic E-state index is -1.26. The summed E-state index contributed by atoms with van der Waals surface area (Å²) in [5, 5.41) is 19.0. The zero-order valence-electron chi connectivity index (χ0n) is 21.3. The summed E-state index contributed by atoms with van der Waals surface area (Å²) in [7, 11) is 1.79. The van der Waals surface area contributed by atoms with E-state index in [2.05, 4.69) is 18.5 Å². The van der Waals surface area contributed by atoms with E-state index < -0.39 is 17.5 Å². The first-order valence-electron chi connectivity index (χ1n) is 12.0. The summed E-state index contributed by atoms with van der Waals surface area (Å²) in [5.74, 6) is -2.79. The predicted molar refractivity (Wildman–Crippen MR) is 143 cm³/mol. The number of carboxylic acids is 2. The van der Waals surface area contributed by atoms with Gasteiger partial charge >= 0.3 is 18.0 Å². The molecule has 1 atom stereocenters. The van der Waals surface area contributed by atoms with Gasteiger partial charge in [0.15, 0.2) is 0 Å². The lowest BCUT2D eigenvalue weighted by atomic mass is 9.85. The first-order chi connectivity index (χ1) is 18.1. The Morgan fingerprint density at radius 1 is 1.11 bits per heavy atom. The lowest BCUT2D eigenvalue weighted by molar-refractivity contribution is -0.134. The lowest BCUT2D eigenvalue weighted by Gasteiger charge is -2.36. The van der Waals surface area contributed by atoms with Crippen LogP contribution in [0.2, 0.25) is 5.02 Å². The molecular weight excluding hydrogens is 515 g/mol. The van der Waals surface area contributed by atoms with Crippen LogP contribution in [0.4, 0.5) is 9.18 Å². The minimum Gasteiger partial charge on any atom is -0.478 e. The average Bonchev–Trinajstić information content (AvgIpc) is 3.39. The highest BCUT2D eigenvalue weighted by Crippen LogP contribution is 2.43. The molecule has 0 aliphatic carbocycles. The van der Waals surface area contributed by atoms with Crippen molar-refractivity contribution >= 4 is 40.5 Å². The molecule has 0 radical (unpaired) electrons. The van der Waals surface area contributed by atoms with Gasteiger partial charge in [0.25, 0.3) is 0 Å². The number of hydrazine groups is 1. The predicted octanol–water partition coefficient (Wildman–Crippen LogP) is 5.02. The summed E-state index contributed by atoms with van der Waals surface area (Å²) < 4.78 is 15.6. The number of hydrogen-bond donors (Lipinski definition) is 3. The quantitative estimate of drug-likeness (QED) is 0.343. The molecule has 2 aromatic carbocycles. The largest absolute Gasteiger partial charge is 0.478 e. The maximum absolute atomic E-state index is 13.5. The molecule has 3 aromatic rings. The number of nitrogens with zero attached hydrogens (tertiary/aromatic N) is 3. The van der Waals surface area contributed by atoms with Crippen LogP contribution in [0.5, 0.6) is 0 Å². The Balaban J connectivity index is 0.000000436. The molecule has 9 nitrogen and oxygen atoms in total. The molecule has 2 amide bonds. The number of amides is 2. The number of fused-ring (bicyclic) bond motifs is 1. The Morgan fingerprint density at radius 3 is 2.26 bits per heavy atom. The first-order valence-corrected chi connectivity index (χ1v) is 12.4. The molecule has 0 saturated carbocycles. The van der Waals surface area contributed by atoms with Gasteiger partial charge in [-0.1, -0.05) is 24.9 Å². The Morgan fingerprint density at radius 2 is 1.74 bits per heavy atom. The number of carbonyl (C=O) groups excluding carboxylic acids is 1. The molecule has 202 valence electrons. The maximum Gasteiger partial charge on any atom is 0.335 e. The molecule has 1 aromatic heterocycles. The van der Waals surface area contributed by atoms with E-state index in [-0.39, 0.29) is 11.8 Å². The Labute approximate surface area is 224 Å².